The summed E-state index contributed by atoms with van der Waals surface area (Å²) in [5.74, 6) is -0.290. The van der Waals surface area contributed by atoms with E-state index < -0.39 is 16.9 Å². The van der Waals surface area contributed by atoms with Crippen molar-refractivity contribution in [2.45, 2.75) is 46.5 Å². The topological polar surface area (TPSA) is 64.7 Å². The predicted octanol–water partition coefficient (Wildman–Crippen LogP) is 2.92. The lowest BCUT2D eigenvalue weighted by Crippen LogP contribution is -2.25. The quantitative estimate of drug-likeness (QED) is 0.871. The highest BCUT2D eigenvalue weighted by molar-refractivity contribution is 6.31. The molecule has 2 aromatic heterocycles. The molecule has 0 aromatic carbocycles. The van der Waals surface area contributed by atoms with E-state index in [9.17, 15) is 18.0 Å². The van der Waals surface area contributed by atoms with Gasteiger partial charge in [-0.2, -0.15) is 23.4 Å². The molecule has 0 spiro atoms. The van der Waals surface area contributed by atoms with E-state index in [0.717, 1.165) is 21.6 Å². The lowest BCUT2D eigenvalue weighted by atomic mass is 10.2. The lowest BCUT2D eigenvalue weighted by molar-refractivity contribution is -0.141. The van der Waals surface area contributed by atoms with Crippen molar-refractivity contribution in [3.8, 4) is 0 Å². The Morgan fingerprint density at radius 1 is 1.20 bits per heavy atom. The Bertz CT molecular complexity index is 794. The maximum Gasteiger partial charge on any atom is 0.436 e. The van der Waals surface area contributed by atoms with E-state index in [1.807, 2.05) is 20.9 Å². The average molecular weight is 378 g/mol. The standard InChI is InChI=1S/C15H19ClF3N5O/c1-8-11(9(2)23(4)21-8)7-20-12(25)5-6-24-10(3)13(16)14(22-24)15(17,18)19/h5-7H2,1-4H3,(H,20,25). The highest BCUT2D eigenvalue weighted by Crippen LogP contribution is 2.35. The Kier molecular flexibility index (Phi) is 5.46. The zero-order valence-electron chi connectivity index (χ0n) is 14.3. The third-order valence-corrected chi connectivity index (χ3v) is 4.53. The molecule has 2 heterocycles. The van der Waals surface area contributed by atoms with Crippen LogP contribution in [0, 0.1) is 20.8 Å². The number of aromatic nitrogens is 4. The van der Waals surface area contributed by atoms with E-state index in [1.54, 1.807) is 4.68 Å². The maximum absolute atomic E-state index is 12.8. The van der Waals surface area contributed by atoms with Gasteiger partial charge in [-0.05, 0) is 20.8 Å². The Labute approximate surface area is 147 Å². The SMILES string of the molecule is Cc1nn(C)c(C)c1CNC(=O)CCn1nc(C(F)(F)F)c(Cl)c1C. The van der Waals surface area contributed by atoms with E-state index in [-0.39, 0.29) is 24.6 Å². The summed E-state index contributed by atoms with van der Waals surface area (Å²) in [6, 6.07) is 0. The Morgan fingerprint density at radius 3 is 2.32 bits per heavy atom. The molecular weight excluding hydrogens is 359 g/mol. The van der Waals surface area contributed by atoms with E-state index in [1.165, 1.54) is 6.92 Å². The Balaban J connectivity index is 1.97. The maximum atomic E-state index is 12.8. The van der Waals surface area contributed by atoms with Gasteiger partial charge in [0.15, 0.2) is 5.69 Å². The molecule has 138 valence electrons. The van der Waals surface area contributed by atoms with Crippen LogP contribution in [-0.2, 0) is 31.1 Å². The summed E-state index contributed by atoms with van der Waals surface area (Å²) in [5, 5.41) is 10.0. The molecule has 2 rings (SSSR count). The van der Waals surface area contributed by atoms with Gasteiger partial charge in [0, 0.05) is 31.3 Å². The molecule has 0 bridgehead atoms. The molecule has 25 heavy (non-hydrogen) atoms. The number of nitrogens with one attached hydrogen (secondary N) is 1. The largest absolute Gasteiger partial charge is 0.436 e. The van der Waals surface area contributed by atoms with Crippen molar-refractivity contribution in [3.05, 3.63) is 33.4 Å². The molecule has 6 nitrogen and oxygen atoms in total. The van der Waals surface area contributed by atoms with Crippen LogP contribution in [0.25, 0.3) is 0 Å². The monoisotopic (exact) mass is 377 g/mol. The molecule has 0 aliphatic rings. The molecule has 0 atom stereocenters. The summed E-state index contributed by atoms with van der Waals surface area (Å²) in [4.78, 5) is 12.0. The van der Waals surface area contributed by atoms with E-state index in [2.05, 4.69) is 15.5 Å². The minimum absolute atomic E-state index is 0.00545. The highest BCUT2D eigenvalue weighted by atomic mass is 35.5. The number of hydrogen-bond acceptors (Lipinski definition) is 3. The van der Waals surface area contributed by atoms with Crippen LogP contribution in [0.2, 0.25) is 5.02 Å². The number of aryl methyl sites for hydroxylation is 3. The van der Waals surface area contributed by atoms with Crippen molar-refractivity contribution in [1.29, 1.82) is 0 Å². The first-order valence-electron chi connectivity index (χ1n) is 7.58. The van der Waals surface area contributed by atoms with E-state index >= 15 is 0 Å². The fourth-order valence-electron chi connectivity index (χ4n) is 2.48. The minimum atomic E-state index is -4.62. The normalized spacial score (nSPS) is 11.8. The van der Waals surface area contributed by atoms with Crippen LogP contribution in [0.1, 0.15) is 34.8 Å². The van der Waals surface area contributed by atoms with Crippen LogP contribution in [0.4, 0.5) is 13.2 Å². The van der Waals surface area contributed by atoms with Crippen LogP contribution >= 0.6 is 11.6 Å². The number of alkyl halides is 3. The van der Waals surface area contributed by atoms with Gasteiger partial charge in [0.25, 0.3) is 0 Å². The molecular formula is C15H19ClF3N5O. The zero-order chi connectivity index (χ0) is 18.9. The third kappa shape index (κ3) is 4.15. The van der Waals surface area contributed by atoms with Gasteiger partial charge in [0.1, 0.15) is 0 Å². The molecule has 0 aliphatic carbocycles. The molecule has 0 saturated carbocycles. The Hall–Kier alpha value is -2.03. The van der Waals surface area contributed by atoms with Crippen molar-refractivity contribution >= 4 is 17.5 Å². The van der Waals surface area contributed by atoms with Gasteiger partial charge < -0.3 is 5.32 Å². The van der Waals surface area contributed by atoms with Gasteiger partial charge >= 0.3 is 6.18 Å². The van der Waals surface area contributed by atoms with Crippen LogP contribution in [0.5, 0.6) is 0 Å². The molecule has 2 aromatic rings. The van der Waals surface area contributed by atoms with Crippen molar-refractivity contribution in [2.75, 3.05) is 0 Å². The van der Waals surface area contributed by atoms with Gasteiger partial charge in [0.2, 0.25) is 5.91 Å². The summed E-state index contributed by atoms with van der Waals surface area (Å²) < 4.78 is 41.2. The third-order valence-electron chi connectivity index (χ3n) is 4.07. The molecule has 0 radical (unpaired) electrons. The number of nitrogens with zero attached hydrogens (tertiary/aromatic N) is 4. The van der Waals surface area contributed by atoms with Crippen molar-refractivity contribution < 1.29 is 18.0 Å². The zero-order valence-corrected chi connectivity index (χ0v) is 15.1. The minimum Gasteiger partial charge on any atom is -0.352 e. The van der Waals surface area contributed by atoms with Gasteiger partial charge in [-0.25, -0.2) is 0 Å². The molecule has 0 aliphatic heterocycles. The summed E-state index contributed by atoms with van der Waals surface area (Å²) in [6.45, 7) is 5.51. The van der Waals surface area contributed by atoms with Crippen LogP contribution in [-0.4, -0.2) is 25.5 Å². The smallest absolute Gasteiger partial charge is 0.352 e. The fourth-order valence-corrected chi connectivity index (χ4v) is 2.72. The lowest BCUT2D eigenvalue weighted by Gasteiger charge is -2.07. The van der Waals surface area contributed by atoms with E-state index in [0.29, 0.717) is 6.54 Å². The van der Waals surface area contributed by atoms with Gasteiger partial charge in [-0.1, -0.05) is 11.6 Å². The fraction of sp³-hybridized carbons (Fsp3) is 0.533. The number of carbonyl (C=O) groups is 1. The van der Waals surface area contributed by atoms with Crippen LogP contribution < -0.4 is 5.32 Å². The Morgan fingerprint density at radius 2 is 1.84 bits per heavy atom. The molecule has 1 N–H and O–H groups in total. The number of carbonyl (C=O) groups excluding carboxylic acids is 1. The number of hydrogen-bond donors (Lipinski definition) is 1. The van der Waals surface area contributed by atoms with Crippen molar-refractivity contribution in [2.24, 2.45) is 7.05 Å². The van der Waals surface area contributed by atoms with Crippen molar-refractivity contribution in [1.82, 2.24) is 24.9 Å². The van der Waals surface area contributed by atoms with Gasteiger partial charge in [0.05, 0.1) is 23.0 Å². The van der Waals surface area contributed by atoms with Crippen LogP contribution in [0.3, 0.4) is 0 Å². The summed E-state index contributed by atoms with van der Waals surface area (Å²) in [7, 11) is 1.82. The van der Waals surface area contributed by atoms with Crippen molar-refractivity contribution in [3.63, 3.8) is 0 Å². The van der Waals surface area contributed by atoms with Crippen LogP contribution in [0.15, 0.2) is 0 Å². The number of rotatable bonds is 5. The second-order valence-corrected chi connectivity index (χ2v) is 6.15. The molecule has 10 heteroatoms. The average Bonchev–Trinajstić information content (AvgIpc) is 2.93. The summed E-state index contributed by atoms with van der Waals surface area (Å²) in [5.41, 5.74) is 1.75. The van der Waals surface area contributed by atoms with E-state index in [4.69, 9.17) is 11.6 Å². The first kappa shape index (κ1) is 19.3. The second-order valence-electron chi connectivity index (χ2n) is 5.77. The first-order chi connectivity index (χ1) is 11.5. The summed E-state index contributed by atoms with van der Waals surface area (Å²) >= 11 is 5.68. The van der Waals surface area contributed by atoms with Gasteiger partial charge in [-0.3, -0.25) is 14.2 Å². The van der Waals surface area contributed by atoms with Gasteiger partial charge in [-0.15, -0.1) is 0 Å². The molecule has 0 fully saturated rings. The molecule has 0 unspecified atom stereocenters. The summed E-state index contributed by atoms with van der Waals surface area (Å²) in [6.07, 6.45) is -4.63. The second kappa shape index (κ2) is 7.07. The molecule has 1 amide bonds. The highest BCUT2D eigenvalue weighted by Gasteiger charge is 2.38. The first-order valence-corrected chi connectivity index (χ1v) is 7.96. The number of halogens is 4. The predicted molar refractivity (Wildman–Crippen MR) is 86.1 cm³/mol. The number of amides is 1. The molecule has 0 saturated heterocycles.